The van der Waals surface area contributed by atoms with Gasteiger partial charge in [0.2, 0.25) is 10.0 Å². The Morgan fingerprint density at radius 3 is 2.40 bits per heavy atom. The lowest BCUT2D eigenvalue weighted by molar-refractivity contribution is 0.0499. The average molecular weight is 431 g/mol. The molecule has 0 aromatic heterocycles. The summed E-state index contributed by atoms with van der Waals surface area (Å²) in [7, 11) is -3.59. The molecule has 2 aromatic carbocycles. The minimum absolute atomic E-state index is 0.113. The molecule has 0 atom stereocenters. The van der Waals surface area contributed by atoms with Crippen LogP contribution < -0.4 is 5.32 Å². The second-order valence-corrected chi connectivity index (χ2v) is 9.10. The van der Waals surface area contributed by atoms with Crippen LogP contribution in [0.2, 0.25) is 0 Å². The van der Waals surface area contributed by atoms with Crippen molar-refractivity contribution in [3.8, 4) is 0 Å². The Hall–Kier alpha value is -2.71. The number of carbonyl (C=O) groups excluding carboxylic acids is 2. The zero-order valence-corrected chi connectivity index (χ0v) is 17.8. The predicted molar refractivity (Wildman–Crippen MR) is 114 cm³/mol. The smallest absolute Gasteiger partial charge is 0.338 e. The molecule has 0 radical (unpaired) electrons. The van der Waals surface area contributed by atoms with Gasteiger partial charge in [0.1, 0.15) is 0 Å². The molecule has 1 saturated heterocycles. The molecule has 1 amide bonds. The molecule has 0 saturated carbocycles. The Morgan fingerprint density at radius 1 is 1.03 bits per heavy atom. The highest BCUT2D eigenvalue weighted by atomic mass is 32.2. The normalized spacial score (nSPS) is 14.4. The summed E-state index contributed by atoms with van der Waals surface area (Å²) in [6.07, 6.45) is 3.45. The molecule has 30 heavy (non-hydrogen) atoms. The van der Waals surface area contributed by atoms with Crippen LogP contribution in [0.25, 0.3) is 0 Å². The SMILES string of the molecule is CCCCOC(=O)c1ccc(NC(=O)c2cccc(S(=O)(=O)N3CCCC3)c2)cc1. The van der Waals surface area contributed by atoms with Gasteiger partial charge in [0.15, 0.2) is 0 Å². The molecule has 1 heterocycles. The monoisotopic (exact) mass is 430 g/mol. The van der Waals surface area contributed by atoms with Crippen LogP contribution in [0.4, 0.5) is 5.69 Å². The molecule has 7 nitrogen and oxygen atoms in total. The lowest BCUT2D eigenvalue weighted by Crippen LogP contribution is -2.28. The largest absolute Gasteiger partial charge is 0.462 e. The number of nitrogens with zero attached hydrogens (tertiary/aromatic N) is 1. The number of ether oxygens (including phenoxy) is 1. The van der Waals surface area contributed by atoms with Crippen LogP contribution in [0.15, 0.2) is 53.4 Å². The maximum Gasteiger partial charge on any atom is 0.338 e. The van der Waals surface area contributed by atoms with Gasteiger partial charge in [-0.15, -0.1) is 0 Å². The first-order chi connectivity index (χ1) is 14.4. The molecule has 0 aliphatic carbocycles. The molecule has 2 aromatic rings. The van der Waals surface area contributed by atoms with Crippen LogP contribution in [0.5, 0.6) is 0 Å². The van der Waals surface area contributed by atoms with E-state index in [9.17, 15) is 18.0 Å². The molecule has 1 fully saturated rings. The van der Waals surface area contributed by atoms with Crippen molar-refractivity contribution in [3.63, 3.8) is 0 Å². The topological polar surface area (TPSA) is 92.8 Å². The van der Waals surface area contributed by atoms with Gasteiger partial charge in [-0.25, -0.2) is 13.2 Å². The van der Waals surface area contributed by atoms with Gasteiger partial charge in [0, 0.05) is 24.3 Å². The molecule has 3 rings (SSSR count). The van der Waals surface area contributed by atoms with Crippen molar-refractivity contribution in [2.75, 3.05) is 25.0 Å². The summed E-state index contributed by atoms with van der Waals surface area (Å²) in [5.74, 6) is -0.826. The zero-order valence-electron chi connectivity index (χ0n) is 17.0. The number of anilines is 1. The van der Waals surface area contributed by atoms with Crippen molar-refractivity contribution >= 4 is 27.6 Å². The van der Waals surface area contributed by atoms with Crippen LogP contribution in [0, 0.1) is 0 Å². The molecular weight excluding hydrogens is 404 g/mol. The van der Waals surface area contributed by atoms with E-state index >= 15 is 0 Å². The number of esters is 1. The molecule has 160 valence electrons. The van der Waals surface area contributed by atoms with Gasteiger partial charge < -0.3 is 10.1 Å². The van der Waals surface area contributed by atoms with E-state index in [4.69, 9.17) is 4.74 Å². The summed E-state index contributed by atoms with van der Waals surface area (Å²) in [6, 6.07) is 12.4. The Kier molecular flexibility index (Phi) is 7.23. The standard InChI is InChI=1S/C22H26N2O5S/c1-2-3-15-29-22(26)17-9-11-19(12-10-17)23-21(25)18-7-6-8-20(16-18)30(27,28)24-13-4-5-14-24/h6-12,16H,2-5,13-15H2,1H3,(H,23,25). The van der Waals surface area contributed by atoms with Crippen LogP contribution >= 0.6 is 0 Å². The van der Waals surface area contributed by atoms with Crippen molar-refractivity contribution in [1.29, 1.82) is 0 Å². The summed E-state index contributed by atoms with van der Waals surface area (Å²) in [6.45, 7) is 3.41. The summed E-state index contributed by atoms with van der Waals surface area (Å²) >= 11 is 0. The van der Waals surface area contributed by atoms with Gasteiger partial charge in [0.05, 0.1) is 17.1 Å². The number of sulfonamides is 1. The lowest BCUT2D eigenvalue weighted by Gasteiger charge is -2.16. The second-order valence-electron chi connectivity index (χ2n) is 7.16. The number of nitrogens with one attached hydrogen (secondary N) is 1. The molecule has 0 spiro atoms. The molecule has 8 heteroatoms. The summed E-state index contributed by atoms with van der Waals surface area (Å²) in [5.41, 5.74) is 1.15. The van der Waals surface area contributed by atoms with E-state index in [0.717, 1.165) is 25.7 Å². The first kappa shape index (κ1) is 22.0. The Balaban J connectivity index is 1.67. The van der Waals surface area contributed by atoms with Gasteiger partial charge in [-0.3, -0.25) is 4.79 Å². The minimum Gasteiger partial charge on any atom is -0.462 e. The van der Waals surface area contributed by atoms with E-state index in [1.807, 2.05) is 6.92 Å². The molecule has 1 N–H and O–H groups in total. The Morgan fingerprint density at radius 2 is 1.73 bits per heavy atom. The fourth-order valence-electron chi connectivity index (χ4n) is 3.16. The third-order valence-electron chi connectivity index (χ3n) is 4.91. The van der Waals surface area contributed by atoms with E-state index in [1.54, 1.807) is 36.4 Å². The van der Waals surface area contributed by atoms with Gasteiger partial charge in [-0.1, -0.05) is 19.4 Å². The molecular formula is C22H26N2O5S. The maximum atomic E-state index is 12.7. The van der Waals surface area contributed by atoms with Crippen molar-refractivity contribution in [3.05, 3.63) is 59.7 Å². The number of hydrogen-bond acceptors (Lipinski definition) is 5. The molecule has 1 aliphatic heterocycles. The quantitative estimate of drug-likeness (QED) is 0.509. The molecule has 0 unspecified atom stereocenters. The Bertz CT molecular complexity index is 996. The van der Waals surface area contributed by atoms with Crippen LogP contribution in [-0.4, -0.2) is 44.3 Å². The van der Waals surface area contributed by atoms with E-state index in [2.05, 4.69) is 5.32 Å². The number of unbranched alkanes of at least 4 members (excludes halogenated alkanes) is 1. The highest BCUT2D eigenvalue weighted by Gasteiger charge is 2.27. The Labute approximate surface area is 177 Å². The van der Waals surface area contributed by atoms with Crippen LogP contribution in [-0.2, 0) is 14.8 Å². The van der Waals surface area contributed by atoms with Gasteiger partial charge in [-0.2, -0.15) is 4.31 Å². The van der Waals surface area contributed by atoms with Gasteiger partial charge in [-0.05, 0) is 61.7 Å². The maximum absolute atomic E-state index is 12.7. The zero-order chi connectivity index (χ0) is 21.6. The van der Waals surface area contributed by atoms with E-state index in [0.29, 0.717) is 30.9 Å². The van der Waals surface area contributed by atoms with Crippen molar-refractivity contribution in [2.24, 2.45) is 0 Å². The van der Waals surface area contributed by atoms with Crippen molar-refractivity contribution < 1.29 is 22.7 Å². The summed E-state index contributed by atoms with van der Waals surface area (Å²) in [4.78, 5) is 24.7. The van der Waals surface area contributed by atoms with Crippen molar-refractivity contribution in [1.82, 2.24) is 4.31 Å². The average Bonchev–Trinajstić information content (AvgIpc) is 3.30. The van der Waals surface area contributed by atoms with Gasteiger partial charge in [0.25, 0.3) is 5.91 Å². The number of hydrogen-bond donors (Lipinski definition) is 1. The highest BCUT2D eigenvalue weighted by Crippen LogP contribution is 2.22. The van der Waals surface area contributed by atoms with E-state index in [1.165, 1.54) is 16.4 Å². The second kappa shape index (κ2) is 9.86. The predicted octanol–water partition coefficient (Wildman–Crippen LogP) is 3.68. The van der Waals surface area contributed by atoms with Crippen LogP contribution in [0.1, 0.15) is 53.3 Å². The third kappa shape index (κ3) is 5.25. The summed E-state index contributed by atoms with van der Waals surface area (Å²) < 4.78 is 32.0. The minimum atomic E-state index is -3.59. The number of rotatable bonds is 8. The fraction of sp³-hybridized carbons (Fsp3) is 0.364. The molecule has 0 bridgehead atoms. The third-order valence-corrected chi connectivity index (χ3v) is 6.80. The van der Waals surface area contributed by atoms with Gasteiger partial charge >= 0.3 is 5.97 Å². The van der Waals surface area contributed by atoms with E-state index in [-0.39, 0.29) is 10.5 Å². The van der Waals surface area contributed by atoms with Crippen molar-refractivity contribution in [2.45, 2.75) is 37.5 Å². The first-order valence-electron chi connectivity index (χ1n) is 10.1. The first-order valence-corrected chi connectivity index (χ1v) is 11.5. The highest BCUT2D eigenvalue weighted by molar-refractivity contribution is 7.89. The fourth-order valence-corrected chi connectivity index (χ4v) is 4.72. The summed E-state index contributed by atoms with van der Waals surface area (Å²) in [5, 5.41) is 2.73. The molecule has 1 aliphatic rings. The van der Waals surface area contributed by atoms with Crippen LogP contribution in [0.3, 0.4) is 0 Å². The van der Waals surface area contributed by atoms with E-state index < -0.39 is 21.9 Å². The number of benzene rings is 2. The lowest BCUT2D eigenvalue weighted by atomic mass is 10.2. The number of amides is 1. The number of carbonyl (C=O) groups is 2.